The maximum atomic E-state index is 13.5. The Balaban J connectivity index is 2.28. The molecule has 100 valence electrons. The van der Waals surface area contributed by atoms with Crippen molar-refractivity contribution in [3.05, 3.63) is 48.4 Å². The number of halogens is 1. The fourth-order valence-corrected chi connectivity index (χ4v) is 2.87. The number of thioether (sulfide) groups is 1. The molecule has 0 saturated carbocycles. The summed E-state index contributed by atoms with van der Waals surface area (Å²) in [6.45, 7) is 0. The van der Waals surface area contributed by atoms with E-state index in [1.165, 1.54) is 36.0 Å². The van der Waals surface area contributed by atoms with E-state index < -0.39 is 20.7 Å². The number of nitrogens with zero attached hydrogens (tertiary/aromatic N) is 1. The van der Waals surface area contributed by atoms with Gasteiger partial charge in [0.15, 0.2) is 0 Å². The maximum absolute atomic E-state index is 13.5. The van der Waals surface area contributed by atoms with Gasteiger partial charge < -0.3 is 0 Å². The zero-order valence-electron chi connectivity index (χ0n) is 10.00. The Labute approximate surface area is 115 Å². The van der Waals surface area contributed by atoms with Crippen LogP contribution in [0.5, 0.6) is 0 Å². The summed E-state index contributed by atoms with van der Waals surface area (Å²) in [5.41, 5.74) is 0. The van der Waals surface area contributed by atoms with Crippen LogP contribution in [0.1, 0.15) is 0 Å². The second kappa shape index (κ2) is 5.58. The molecule has 0 spiro atoms. The molecular weight excluding hydrogens is 287 g/mol. The van der Waals surface area contributed by atoms with E-state index in [4.69, 9.17) is 0 Å². The number of pyridine rings is 1. The first-order valence-electron chi connectivity index (χ1n) is 5.30. The SMILES string of the molecule is CSc1ccc(NS(=O)(=O)c2ccccc2F)nc1. The van der Waals surface area contributed by atoms with Gasteiger partial charge in [-0.05, 0) is 30.5 Å². The van der Waals surface area contributed by atoms with Crippen molar-refractivity contribution >= 4 is 27.6 Å². The zero-order chi connectivity index (χ0) is 13.9. The van der Waals surface area contributed by atoms with Crippen molar-refractivity contribution < 1.29 is 12.8 Å². The van der Waals surface area contributed by atoms with E-state index in [9.17, 15) is 12.8 Å². The molecule has 2 aromatic rings. The lowest BCUT2D eigenvalue weighted by Gasteiger charge is -2.08. The molecular formula is C12H11FN2O2S2. The molecule has 1 heterocycles. The first-order valence-corrected chi connectivity index (χ1v) is 8.01. The summed E-state index contributed by atoms with van der Waals surface area (Å²) in [4.78, 5) is 4.47. The third kappa shape index (κ3) is 3.24. The van der Waals surface area contributed by atoms with E-state index >= 15 is 0 Å². The van der Waals surface area contributed by atoms with Gasteiger partial charge in [-0.15, -0.1) is 11.8 Å². The molecule has 0 aliphatic carbocycles. The molecule has 0 atom stereocenters. The summed E-state index contributed by atoms with van der Waals surface area (Å²) >= 11 is 1.49. The van der Waals surface area contributed by atoms with Gasteiger partial charge >= 0.3 is 0 Å². The van der Waals surface area contributed by atoms with Crippen molar-refractivity contribution in [3.8, 4) is 0 Å². The molecule has 1 N–H and O–H groups in total. The second-order valence-electron chi connectivity index (χ2n) is 3.62. The zero-order valence-corrected chi connectivity index (χ0v) is 11.6. The highest BCUT2D eigenvalue weighted by molar-refractivity contribution is 7.98. The van der Waals surface area contributed by atoms with E-state index in [1.54, 1.807) is 12.3 Å². The topological polar surface area (TPSA) is 59.1 Å². The second-order valence-corrected chi connectivity index (χ2v) is 6.15. The lowest BCUT2D eigenvalue weighted by molar-refractivity contribution is 0.570. The lowest BCUT2D eigenvalue weighted by atomic mass is 10.4. The van der Waals surface area contributed by atoms with Gasteiger partial charge in [-0.25, -0.2) is 17.8 Å². The van der Waals surface area contributed by atoms with E-state index in [2.05, 4.69) is 9.71 Å². The number of rotatable bonds is 4. The lowest BCUT2D eigenvalue weighted by Crippen LogP contribution is -2.15. The Morgan fingerprint density at radius 3 is 2.53 bits per heavy atom. The van der Waals surface area contributed by atoms with E-state index in [0.717, 1.165) is 11.0 Å². The molecule has 0 unspecified atom stereocenters. The van der Waals surface area contributed by atoms with Crippen LogP contribution in [0, 0.1) is 5.82 Å². The van der Waals surface area contributed by atoms with Crippen LogP contribution in [0.4, 0.5) is 10.2 Å². The third-order valence-corrected chi connectivity index (χ3v) is 4.44. The summed E-state index contributed by atoms with van der Waals surface area (Å²) in [5, 5.41) is 0. The summed E-state index contributed by atoms with van der Waals surface area (Å²) in [6, 6.07) is 8.45. The standard InChI is InChI=1S/C12H11FN2O2S2/c1-18-9-6-7-12(14-8-9)15-19(16,17)11-5-3-2-4-10(11)13/h2-8H,1H3,(H,14,15). The van der Waals surface area contributed by atoms with Crippen molar-refractivity contribution in [3.63, 3.8) is 0 Å². The van der Waals surface area contributed by atoms with Gasteiger partial charge in [-0.1, -0.05) is 12.1 Å². The maximum Gasteiger partial charge on any atom is 0.265 e. The number of aromatic nitrogens is 1. The Hall–Kier alpha value is -1.60. The Morgan fingerprint density at radius 2 is 1.95 bits per heavy atom. The van der Waals surface area contributed by atoms with Gasteiger partial charge in [0.2, 0.25) is 0 Å². The minimum atomic E-state index is -3.96. The van der Waals surface area contributed by atoms with Crippen molar-refractivity contribution in [2.24, 2.45) is 0 Å². The average molecular weight is 298 g/mol. The van der Waals surface area contributed by atoms with Crippen molar-refractivity contribution in [1.82, 2.24) is 4.98 Å². The summed E-state index contributed by atoms with van der Waals surface area (Å²) in [6.07, 6.45) is 3.43. The number of nitrogens with one attached hydrogen (secondary N) is 1. The molecule has 0 amide bonds. The molecule has 0 saturated heterocycles. The largest absolute Gasteiger partial charge is 0.265 e. The minimum absolute atomic E-state index is 0.154. The van der Waals surface area contributed by atoms with Gasteiger partial charge in [-0.2, -0.15) is 0 Å². The molecule has 0 aliphatic rings. The van der Waals surface area contributed by atoms with Gasteiger partial charge in [-0.3, -0.25) is 4.72 Å². The van der Waals surface area contributed by atoms with Crippen LogP contribution < -0.4 is 4.72 Å². The highest BCUT2D eigenvalue weighted by Crippen LogP contribution is 2.19. The van der Waals surface area contributed by atoms with Gasteiger partial charge in [0.05, 0.1) is 0 Å². The average Bonchev–Trinajstić information content (AvgIpc) is 2.39. The fraction of sp³-hybridized carbons (Fsp3) is 0.0833. The summed E-state index contributed by atoms with van der Waals surface area (Å²) in [7, 11) is -3.96. The van der Waals surface area contributed by atoms with Crippen LogP contribution in [-0.4, -0.2) is 19.7 Å². The monoisotopic (exact) mass is 298 g/mol. The van der Waals surface area contributed by atoms with Crippen LogP contribution in [0.25, 0.3) is 0 Å². The fourth-order valence-electron chi connectivity index (χ4n) is 1.42. The highest BCUT2D eigenvalue weighted by Gasteiger charge is 2.18. The van der Waals surface area contributed by atoms with Gasteiger partial charge in [0.25, 0.3) is 10.0 Å². The van der Waals surface area contributed by atoms with Gasteiger partial charge in [0.1, 0.15) is 16.5 Å². The van der Waals surface area contributed by atoms with Crippen LogP contribution >= 0.6 is 11.8 Å². The quantitative estimate of drug-likeness (QED) is 0.882. The molecule has 19 heavy (non-hydrogen) atoms. The van der Waals surface area contributed by atoms with Crippen LogP contribution in [0.15, 0.2) is 52.4 Å². The molecule has 0 aliphatic heterocycles. The number of benzene rings is 1. The predicted molar refractivity (Wildman–Crippen MR) is 73.2 cm³/mol. The highest BCUT2D eigenvalue weighted by atomic mass is 32.2. The van der Waals surface area contributed by atoms with Crippen molar-refractivity contribution in [2.75, 3.05) is 11.0 Å². The first-order chi connectivity index (χ1) is 9.03. The van der Waals surface area contributed by atoms with Crippen molar-refractivity contribution in [2.45, 2.75) is 9.79 Å². The van der Waals surface area contributed by atoms with Crippen LogP contribution in [0.3, 0.4) is 0 Å². The molecule has 1 aromatic carbocycles. The van der Waals surface area contributed by atoms with Crippen LogP contribution in [-0.2, 0) is 10.0 Å². The Kier molecular flexibility index (Phi) is 4.06. The number of anilines is 1. The van der Waals surface area contributed by atoms with E-state index in [0.29, 0.717) is 0 Å². The van der Waals surface area contributed by atoms with E-state index in [-0.39, 0.29) is 5.82 Å². The molecule has 7 heteroatoms. The molecule has 2 rings (SSSR count). The smallest absolute Gasteiger partial charge is 0.263 e. The summed E-state index contributed by atoms with van der Waals surface area (Å²) in [5.74, 6) is -0.642. The van der Waals surface area contributed by atoms with Crippen LogP contribution in [0.2, 0.25) is 0 Å². The predicted octanol–water partition coefficient (Wildman–Crippen LogP) is 2.74. The van der Waals surface area contributed by atoms with Gasteiger partial charge in [0, 0.05) is 11.1 Å². The normalized spacial score (nSPS) is 11.3. The Morgan fingerprint density at radius 1 is 1.21 bits per heavy atom. The molecule has 4 nitrogen and oxygen atoms in total. The summed E-state index contributed by atoms with van der Waals surface area (Å²) < 4.78 is 39.7. The number of hydrogen-bond donors (Lipinski definition) is 1. The van der Waals surface area contributed by atoms with Crippen molar-refractivity contribution in [1.29, 1.82) is 0 Å². The minimum Gasteiger partial charge on any atom is -0.263 e. The molecule has 0 bridgehead atoms. The molecule has 0 radical (unpaired) electrons. The third-order valence-electron chi connectivity index (χ3n) is 2.34. The Bertz CT molecular complexity index is 672. The van der Waals surface area contributed by atoms with E-state index in [1.807, 2.05) is 6.26 Å². The number of sulfonamides is 1. The molecule has 0 fully saturated rings. The first kappa shape index (κ1) is 13.8. The molecule has 1 aromatic heterocycles. The number of hydrogen-bond acceptors (Lipinski definition) is 4.